The summed E-state index contributed by atoms with van der Waals surface area (Å²) in [7, 11) is 3.10. The lowest BCUT2D eigenvalue weighted by molar-refractivity contribution is -0.138. The van der Waals surface area contributed by atoms with E-state index < -0.39 is 11.6 Å². The van der Waals surface area contributed by atoms with Gasteiger partial charge in [0.1, 0.15) is 12.2 Å². The third-order valence-corrected chi connectivity index (χ3v) is 4.71. The summed E-state index contributed by atoms with van der Waals surface area (Å²) in [5, 5.41) is 0.754. The van der Waals surface area contributed by atoms with E-state index in [0.29, 0.717) is 22.6 Å². The standard InChI is InChI=1S/C23H22O6/c1-14-5-8-18-17(12-22(25)29-23(18)15(14)2)13-28-21(24)10-7-16-6-9-19(26-3)20(11-16)27-4/h5-12H,13H2,1-4H3/b10-7+. The van der Waals surface area contributed by atoms with Crippen molar-refractivity contribution in [3.05, 3.63) is 75.1 Å². The van der Waals surface area contributed by atoms with Crippen LogP contribution in [-0.2, 0) is 16.1 Å². The largest absolute Gasteiger partial charge is 0.493 e. The van der Waals surface area contributed by atoms with Crippen LogP contribution in [0, 0.1) is 13.8 Å². The number of carbonyl (C=O) groups is 1. The summed E-state index contributed by atoms with van der Waals surface area (Å²) in [4.78, 5) is 24.0. The van der Waals surface area contributed by atoms with E-state index in [-0.39, 0.29) is 6.61 Å². The summed E-state index contributed by atoms with van der Waals surface area (Å²) in [6.45, 7) is 3.81. The van der Waals surface area contributed by atoms with Gasteiger partial charge in [-0.05, 0) is 48.7 Å². The van der Waals surface area contributed by atoms with Gasteiger partial charge < -0.3 is 18.6 Å². The van der Waals surface area contributed by atoms with Crippen molar-refractivity contribution < 1.29 is 23.4 Å². The number of rotatable bonds is 6. The first-order chi connectivity index (χ1) is 13.9. The Morgan fingerprint density at radius 3 is 2.52 bits per heavy atom. The molecular weight excluding hydrogens is 372 g/mol. The molecule has 0 N–H and O–H groups in total. The molecule has 0 spiro atoms. The molecule has 0 fully saturated rings. The molecule has 1 heterocycles. The van der Waals surface area contributed by atoms with Gasteiger partial charge in [-0.2, -0.15) is 0 Å². The summed E-state index contributed by atoms with van der Waals surface area (Å²) in [5.74, 6) is 0.647. The van der Waals surface area contributed by atoms with Crippen molar-refractivity contribution in [2.45, 2.75) is 20.5 Å². The van der Waals surface area contributed by atoms with Gasteiger partial charge in [-0.15, -0.1) is 0 Å². The first kappa shape index (κ1) is 20.2. The average Bonchev–Trinajstić information content (AvgIpc) is 2.73. The molecule has 2 aromatic carbocycles. The fraction of sp³-hybridized carbons (Fsp3) is 0.217. The van der Waals surface area contributed by atoms with E-state index in [0.717, 1.165) is 22.1 Å². The number of hydrogen-bond acceptors (Lipinski definition) is 6. The Labute approximate surface area is 168 Å². The lowest BCUT2D eigenvalue weighted by Crippen LogP contribution is -2.06. The van der Waals surface area contributed by atoms with Crippen LogP contribution in [-0.4, -0.2) is 20.2 Å². The highest BCUT2D eigenvalue weighted by atomic mass is 16.5. The summed E-state index contributed by atoms with van der Waals surface area (Å²) < 4.78 is 21.1. The van der Waals surface area contributed by atoms with E-state index in [4.69, 9.17) is 18.6 Å². The van der Waals surface area contributed by atoms with E-state index in [1.54, 1.807) is 38.5 Å². The van der Waals surface area contributed by atoms with Gasteiger partial charge in [0, 0.05) is 23.1 Å². The van der Waals surface area contributed by atoms with Gasteiger partial charge >= 0.3 is 11.6 Å². The van der Waals surface area contributed by atoms with Gasteiger partial charge in [0.25, 0.3) is 0 Å². The molecule has 0 saturated carbocycles. The molecule has 3 rings (SSSR count). The molecule has 0 aliphatic rings. The van der Waals surface area contributed by atoms with E-state index in [1.165, 1.54) is 12.1 Å². The molecule has 0 aliphatic carbocycles. The number of benzene rings is 2. The highest BCUT2D eigenvalue weighted by molar-refractivity contribution is 5.88. The Morgan fingerprint density at radius 2 is 1.79 bits per heavy atom. The van der Waals surface area contributed by atoms with Crippen LogP contribution in [0.2, 0.25) is 0 Å². The summed E-state index contributed by atoms with van der Waals surface area (Å²) in [6, 6.07) is 10.5. The minimum atomic E-state index is -0.523. The fourth-order valence-corrected chi connectivity index (χ4v) is 2.96. The first-order valence-electron chi connectivity index (χ1n) is 9.02. The molecule has 0 atom stereocenters. The van der Waals surface area contributed by atoms with Crippen molar-refractivity contribution in [3.8, 4) is 11.5 Å². The smallest absolute Gasteiger partial charge is 0.336 e. The zero-order valence-electron chi connectivity index (χ0n) is 16.8. The molecule has 0 unspecified atom stereocenters. The number of carbonyl (C=O) groups excluding carboxylic acids is 1. The number of hydrogen-bond donors (Lipinski definition) is 0. The summed E-state index contributed by atoms with van der Waals surface area (Å²) in [6.07, 6.45) is 2.94. The highest BCUT2D eigenvalue weighted by Crippen LogP contribution is 2.28. The molecule has 0 amide bonds. The second-order valence-corrected chi connectivity index (χ2v) is 6.53. The average molecular weight is 394 g/mol. The highest BCUT2D eigenvalue weighted by Gasteiger charge is 2.11. The van der Waals surface area contributed by atoms with Crippen molar-refractivity contribution in [2.24, 2.45) is 0 Å². The molecule has 1 aromatic heterocycles. The van der Waals surface area contributed by atoms with Crippen LogP contribution in [0.3, 0.4) is 0 Å². The quantitative estimate of drug-likeness (QED) is 0.355. The normalized spacial score (nSPS) is 11.0. The Kier molecular flexibility index (Phi) is 6.02. The van der Waals surface area contributed by atoms with Crippen LogP contribution >= 0.6 is 0 Å². The van der Waals surface area contributed by atoms with E-state index in [9.17, 15) is 9.59 Å². The summed E-state index contributed by atoms with van der Waals surface area (Å²) in [5.41, 5.74) is 3.32. The van der Waals surface area contributed by atoms with Gasteiger partial charge in [0.05, 0.1) is 14.2 Å². The van der Waals surface area contributed by atoms with Crippen molar-refractivity contribution in [1.82, 2.24) is 0 Å². The van der Waals surface area contributed by atoms with Crippen molar-refractivity contribution in [3.63, 3.8) is 0 Å². The van der Waals surface area contributed by atoms with Crippen LogP contribution in [0.1, 0.15) is 22.3 Å². The molecule has 0 radical (unpaired) electrons. The SMILES string of the molecule is COc1ccc(/C=C/C(=O)OCc2cc(=O)oc3c(C)c(C)ccc23)cc1OC. The predicted octanol–water partition coefficient (Wildman–Crippen LogP) is 4.18. The maximum absolute atomic E-state index is 12.1. The second-order valence-electron chi connectivity index (χ2n) is 6.53. The monoisotopic (exact) mass is 394 g/mol. The maximum Gasteiger partial charge on any atom is 0.336 e. The Bertz CT molecular complexity index is 1140. The predicted molar refractivity (Wildman–Crippen MR) is 110 cm³/mol. The first-order valence-corrected chi connectivity index (χ1v) is 9.02. The van der Waals surface area contributed by atoms with Gasteiger partial charge in [-0.25, -0.2) is 9.59 Å². The second kappa shape index (κ2) is 8.65. The zero-order chi connectivity index (χ0) is 21.0. The fourth-order valence-electron chi connectivity index (χ4n) is 2.96. The molecule has 150 valence electrons. The van der Waals surface area contributed by atoms with E-state index in [1.807, 2.05) is 26.0 Å². The molecular formula is C23H22O6. The van der Waals surface area contributed by atoms with Crippen LogP contribution < -0.4 is 15.1 Å². The lowest BCUT2D eigenvalue weighted by Gasteiger charge is -2.09. The molecule has 29 heavy (non-hydrogen) atoms. The number of methoxy groups -OCH3 is 2. The number of esters is 1. The van der Waals surface area contributed by atoms with Crippen molar-refractivity contribution >= 4 is 23.0 Å². The van der Waals surface area contributed by atoms with Gasteiger partial charge in [0.15, 0.2) is 11.5 Å². The number of fused-ring (bicyclic) bond motifs is 1. The molecule has 3 aromatic rings. The Balaban J connectivity index is 1.75. The summed E-state index contributed by atoms with van der Waals surface area (Å²) >= 11 is 0. The third kappa shape index (κ3) is 4.48. The van der Waals surface area contributed by atoms with Gasteiger partial charge in [-0.1, -0.05) is 18.2 Å². The van der Waals surface area contributed by atoms with E-state index >= 15 is 0 Å². The molecule has 0 aliphatic heterocycles. The van der Waals surface area contributed by atoms with Crippen LogP contribution in [0.15, 0.2) is 51.7 Å². The lowest BCUT2D eigenvalue weighted by atomic mass is 10.0. The van der Waals surface area contributed by atoms with Crippen LogP contribution in [0.4, 0.5) is 0 Å². The third-order valence-electron chi connectivity index (χ3n) is 4.71. The Hall–Kier alpha value is -3.54. The molecule has 6 nitrogen and oxygen atoms in total. The minimum absolute atomic E-state index is 0.0281. The van der Waals surface area contributed by atoms with Gasteiger partial charge in [-0.3, -0.25) is 0 Å². The van der Waals surface area contributed by atoms with Crippen molar-refractivity contribution in [2.75, 3.05) is 14.2 Å². The topological polar surface area (TPSA) is 75.0 Å². The minimum Gasteiger partial charge on any atom is -0.493 e. The van der Waals surface area contributed by atoms with Crippen LogP contribution in [0.5, 0.6) is 11.5 Å². The van der Waals surface area contributed by atoms with Crippen LogP contribution in [0.25, 0.3) is 17.0 Å². The number of ether oxygens (including phenoxy) is 3. The zero-order valence-corrected chi connectivity index (χ0v) is 16.8. The molecule has 0 bridgehead atoms. The molecule has 6 heteroatoms. The number of aryl methyl sites for hydroxylation is 2. The van der Waals surface area contributed by atoms with E-state index in [2.05, 4.69) is 0 Å². The van der Waals surface area contributed by atoms with Gasteiger partial charge in [0.2, 0.25) is 0 Å². The molecule has 0 saturated heterocycles. The maximum atomic E-state index is 12.1. The van der Waals surface area contributed by atoms with Crippen molar-refractivity contribution in [1.29, 1.82) is 0 Å². The Morgan fingerprint density at radius 1 is 1.03 bits per heavy atom.